The third-order valence-corrected chi connectivity index (χ3v) is 3.75. The Morgan fingerprint density at radius 2 is 1.70 bits per heavy atom. The van der Waals surface area contributed by atoms with Gasteiger partial charge in [0.05, 0.1) is 0 Å². The maximum atomic E-state index is 4.62. The quantitative estimate of drug-likeness (QED) is 0.900. The summed E-state index contributed by atoms with van der Waals surface area (Å²) in [5.74, 6) is 3.04. The van der Waals surface area contributed by atoms with E-state index in [1.165, 1.54) is 0 Å². The number of nitrogens with one attached hydrogen (secondary N) is 1. The van der Waals surface area contributed by atoms with Crippen molar-refractivity contribution in [3.63, 3.8) is 0 Å². The first-order chi connectivity index (χ1) is 11.2. The average molecular weight is 313 g/mol. The van der Waals surface area contributed by atoms with E-state index in [4.69, 9.17) is 0 Å². The number of nitrogens with zero attached hydrogens (tertiary/aromatic N) is 6. The van der Waals surface area contributed by atoms with Crippen molar-refractivity contribution in [1.29, 1.82) is 0 Å². The largest absolute Gasteiger partial charge is 0.354 e. The summed E-state index contributed by atoms with van der Waals surface area (Å²) in [6, 6.07) is 3.81. The number of piperazine rings is 1. The van der Waals surface area contributed by atoms with Crippen molar-refractivity contribution < 1.29 is 0 Å². The summed E-state index contributed by atoms with van der Waals surface area (Å²) in [4.78, 5) is 22.0. The molecule has 0 bridgehead atoms. The van der Waals surface area contributed by atoms with Gasteiger partial charge in [0.1, 0.15) is 5.82 Å². The van der Waals surface area contributed by atoms with Crippen LogP contribution in [-0.4, -0.2) is 52.7 Å². The van der Waals surface area contributed by atoms with Gasteiger partial charge in [0.2, 0.25) is 11.9 Å². The fraction of sp³-hybridized carbons (Fsp3) is 0.500. The molecule has 0 aromatic carbocycles. The van der Waals surface area contributed by atoms with E-state index in [9.17, 15) is 0 Å². The van der Waals surface area contributed by atoms with E-state index in [1.807, 2.05) is 18.3 Å². The van der Waals surface area contributed by atoms with Crippen molar-refractivity contribution >= 4 is 17.7 Å². The van der Waals surface area contributed by atoms with Gasteiger partial charge in [-0.3, -0.25) is 0 Å². The van der Waals surface area contributed by atoms with Crippen molar-refractivity contribution in [2.75, 3.05) is 47.8 Å². The highest BCUT2D eigenvalue weighted by Gasteiger charge is 2.20. The highest BCUT2D eigenvalue weighted by molar-refractivity contribution is 5.45. The Kier molecular flexibility index (Phi) is 4.85. The van der Waals surface area contributed by atoms with Crippen LogP contribution in [0.25, 0.3) is 0 Å². The SMILES string of the molecule is CC(C)CNc1nccc(N2CCN(c3ncccn3)CC2)n1. The van der Waals surface area contributed by atoms with Gasteiger partial charge in [-0.15, -0.1) is 0 Å². The molecule has 2 aromatic heterocycles. The number of rotatable bonds is 5. The molecule has 0 radical (unpaired) electrons. The van der Waals surface area contributed by atoms with Gasteiger partial charge in [-0.25, -0.2) is 15.0 Å². The standard InChI is InChI=1S/C16H23N7/c1-13(2)12-20-15-17-7-4-14(21-15)22-8-10-23(11-9-22)16-18-5-3-6-19-16/h3-7,13H,8-12H2,1-2H3,(H,17,20,21). The Labute approximate surface area is 136 Å². The monoisotopic (exact) mass is 313 g/mol. The fourth-order valence-electron chi connectivity index (χ4n) is 2.50. The number of anilines is 3. The summed E-state index contributed by atoms with van der Waals surface area (Å²) in [7, 11) is 0. The Balaban J connectivity index is 1.60. The van der Waals surface area contributed by atoms with Crippen molar-refractivity contribution in [3.8, 4) is 0 Å². The zero-order valence-electron chi connectivity index (χ0n) is 13.7. The van der Waals surface area contributed by atoms with Crippen LogP contribution in [-0.2, 0) is 0 Å². The molecule has 0 saturated carbocycles. The molecular formula is C16H23N7. The molecule has 7 nitrogen and oxygen atoms in total. The molecule has 1 N–H and O–H groups in total. The average Bonchev–Trinajstić information content (AvgIpc) is 2.61. The van der Waals surface area contributed by atoms with E-state index in [0.717, 1.165) is 44.5 Å². The van der Waals surface area contributed by atoms with Crippen LogP contribution in [0.2, 0.25) is 0 Å². The first-order valence-electron chi connectivity index (χ1n) is 8.06. The van der Waals surface area contributed by atoms with Crippen LogP contribution in [0.5, 0.6) is 0 Å². The summed E-state index contributed by atoms with van der Waals surface area (Å²) >= 11 is 0. The van der Waals surface area contributed by atoms with E-state index in [0.29, 0.717) is 11.9 Å². The second kappa shape index (κ2) is 7.21. The lowest BCUT2D eigenvalue weighted by molar-refractivity contribution is 0.633. The van der Waals surface area contributed by atoms with Crippen LogP contribution in [0.4, 0.5) is 17.7 Å². The molecule has 7 heteroatoms. The second-order valence-corrected chi connectivity index (χ2v) is 6.04. The first-order valence-corrected chi connectivity index (χ1v) is 8.06. The minimum atomic E-state index is 0.566. The summed E-state index contributed by atoms with van der Waals surface area (Å²) in [6.07, 6.45) is 5.38. The van der Waals surface area contributed by atoms with Gasteiger partial charge in [0, 0.05) is 51.3 Å². The Morgan fingerprint density at radius 1 is 1.00 bits per heavy atom. The molecular weight excluding hydrogens is 290 g/mol. The van der Waals surface area contributed by atoms with Gasteiger partial charge < -0.3 is 15.1 Å². The van der Waals surface area contributed by atoms with Crippen molar-refractivity contribution in [1.82, 2.24) is 19.9 Å². The summed E-state index contributed by atoms with van der Waals surface area (Å²) < 4.78 is 0. The minimum Gasteiger partial charge on any atom is -0.354 e. The predicted octanol–water partition coefficient (Wildman–Crippen LogP) is 1.66. The van der Waals surface area contributed by atoms with E-state index in [-0.39, 0.29) is 0 Å². The molecule has 3 rings (SSSR count). The van der Waals surface area contributed by atoms with Crippen LogP contribution >= 0.6 is 0 Å². The molecule has 0 aliphatic carbocycles. The topological polar surface area (TPSA) is 70.1 Å². The summed E-state index contributed by atoms with van der Waals surface area (Å²) in [6.45, 7) is 8.80. The molecule has 0 amide bonds. The third-order valence-electron chi connectivity index (χ3n) is 3.75. The molecule has 2 aromatic rings. The lowest BCUT2D eigenvalue weighted by atomic mass is 10.2. The lowest BCUT2D eigenvalue weighted by Gasteiger charge is -2.35. The van der Waals surface area contributed by atoms with E-state index in [2.05, 4.69) is 48.9 Å². The van der Waals surface area contributed by atoms with Gasteiger partial charge >= 0.3 is 0 Å². The van der Waals surface area contributed by atoms with Crippen molar-refractivity contribution in [2.45, 2.75) is 13.8 Å². The van der Waals surface area contributed by atoms with Gasteiger partial charge in [0.25, 0.3) is 0 Å². The van der Waals surface area contributed by atoms with Gasteiger partial charge in [-0.05, 0) is 18.1 Å². The van der Waals surface area contributed by atoms with Crippen molar-refractivity contribution in [3.05, 3.63) is 30.7 Å². The van der Waals surface area contributed by atoms with Crippen LogP contribution in [0, 0.1) is 5.92 Å². The smallest absolute Gasteiger partial charge is 0.225 e. The molecule has 1 fully saturated rings. The molecule has 3 heterocycles. The van der Waals surface area contributed by atoms with E-state index in [1.54, 1.807) is 12.4 Å². The fourth-order valence-corrected chi connectivity index (χ4v) is 2.50. The molecule has 1 aliphatic rings. The third kappa shape index (κ3) is 4.06. The molecule has 1 aliphatic heterocycles. The number of hydrogen-bond acceptors (Lipinski definition) is 7. The van der Waals surface area contributed by atoms with Crippen molar-refractivity contribution in [2.24, 2.45) is 5.92 Å². The van der Waals surface area contributed by atoms with Crippen LogP contribution in [0.15, 0.2) is 30.7 Å². The molecule has 23 heavy (non-hydrogen) atoms. The Bertz CT molecular complexity index is 609. The van der Waals surface area contributed by atoms with Gasteiger partial charge in [-0.1, -0.05) is 13.8 Å². The molecule has 122 valence electrons. The van der Waals surface area contributed by atoms with Crippen LogP contribution in [0.1, 0.15) is 13.8 Å². The zero-order valence-corrected chi connectivity index (χ0v) is 13.7. The maximum absolute atomic E-state index is 4.62. The summed E-state index contributed by atoms with van der Waals surface area (Å²) in [5, 5.41) is 3.28. The highest BCUT2D eigenvalue weighted by Crippen LogP contribution is 2.16. The van der Waals surface area contributed by atoms with E-state index >= 15 is 0 Å². The summed E-state index contributed by atoms with van der Waals surface area (Å²) in [5.41, 5.74) is 0. The zero-order chi connectivity index (χ0) is 16.1. The Morgan fingerprint density at radius 3 is 2.39 bits per heavy atom. The van der Waals surface area contributed by atoms with Crippen LogP contribution < -0.4 is 15.1 Å². The number of hydrogen-bond donors (Lipinski definition) is 1. The normalized spacial score (nSPS) is 15.1. The maximum Gasteiger partial charge on any atom is 0.225 e. The number of aromatic nitrogens is 4. The first kappa shape index (κ1) is 15.5. The van der Waals surface area contributed by atoms with E-state index < -0.39 is 0 Å². The second-order valence-electron chi connectivity index (χ2n) is 6.04. The van der Waals surface area contributed by atoms with Crippen LogP contribution in [0.3, 0.4) is 0 Å². The molecule has 0 atom stereocenters. The minimum absolute atomic E-state index is 0.566. The highest BCUT2D eigenvalue weighted by atomic mass is 15.3. The Hall–Kier alpha value is -2.44. The van der Waals surface area contributed by atoms with Gasteiger partial charge in [0.15, 0.2) is 0 Å². The lowest BCUT2D eigenvalue weighted by Crippen LogP contribution is -2.47. The molecule has 0 unspecified atom stereocenters. The van der Waals surface area contributed by atoms with Gasteiger partial charge in [-0.2, -0.15) is 4.98 Å². The molecule has 0 spiro atoms. The molecule has 1 saturated heterocycles. The predicted molar refractivity (Wildman–Crippen MR) is 91.8 cm³/mol.